The van der Waals surface area contributed by atoms with Gasteiger partial charge in [-0.1, -0.05) is 23.9 Å². The maximum absolute atomic E-state index is 12.1. The molecular weight excluding hydrogens is 350 g/mol. The van der Waals surface area contributed by atoms with Gasteiger partial charge in [-0.05, 0) is 18.2 Å². The molecule has 0 saturated heterocycles. The van der Waals surface area contributed by atoms with E-state index >= 15 is 0 Å². The molecule has 124 valence electrons. The summed E-state index contributed by atoms with van der Waals surface area (Å²) in [7, 11) is -3.42. The van der Waals surface area contributed by atoms with Crippen molar-refractivity contribution < 1.29 is 13.2 Å². The van der Waals surface area contributed by atoms with Crippen LogP contribution in [0.3, 0.4) is 0 Å². The fourth-order valence-electron chi connectivity index (χ4n) is 1.98. The summed E-state index contributed by atoms with van der Waals surface area (Å²) < 4.78 is 25.0. The third-order valence-electron chi connectivity index (χ3n) is 2.99. The van der Waals surface area contributed by atoms with Gasteiger partial charge in [0.25, 0.3) is 5.78 Å². The van der Waals surface area contributed by atoms with Crippen LogP contribution in [0.4, 0.5) is 5.69 Å². The number of nitrogens with one attached hydrogen (secondary N) is 1. The molecule has 0 spiro atoms. The Morgan fingerprint density at radius 1 is 1.29 bits per heavy atom. The Bertz CT molecular complexity index is 967. The van der Waals surface area contributed by atoms with Gasteiger partial charge in [-0.25, -0.2) is 17.9 Å². The van der Waals surface area contributed by atoms with Crippen LogP contribution in [0.5, 0.6) is 0 Å². The first-order valence-electron chi connectivity index (χ1n) is 6.82. The van der Waals surface area contributed by atoms with Crippen LogP contribution in [-0.2, 0) is 14.6 Å². The minimum absolute atomic E-state index is 0.0506. The summed E-state index contributed by atoms with van der Waals surface area (Å²) in [5.74, 6) is 0.153. The Kier molecular flexibility index (Phi) is 4.49. The molecule has 1 aromatic carbocycles. The number of rotatable bonds is 5. The zero-order valence-corrected chi connectivity index (χ0v) is 14.2. The Balaban J connectivity index is 1.68. The highest BCUT2D eigenvalue weighted by Gasteiger charge is 2.15. The predicted molar refractivity (Wildman–Crippen MR) is 89.7 cm³/mol. The molecule has 1 N–H and O–H groups in total. The molecule has 0 radical (unpaired) electrons. The van der Waals surface area contributed by atoms with Crippen molar-refractivity contribution in [2.24, 2.45) is 0 Å². The third-order valence-corrected chi connectivity index (χ3v) is 4.98. The molecule has 10 heteroatoms. The highest BCUT2D eigenvalue weighted by molar-refractivity contribution is 7.99. The lowest BCUT2D eigenvalue weighted by Gasteiger charge is -2.08. The molecule has 0 aliphatic heterocycles. The summed E-state index contributed by atoms with van der Waals surface area (Å²) in [5.41, 5.74) is 0.259. The Morgan fingerprint density at radius 3 is 2.83 bits per heavy atom. The molecule has 3 aromatic rings. The van der Waals surface area contributed by atoms with Gasteiger partial charge in [-0.2, -0.15) is 4.98 Å². The summed E-state index contributed by atoms with van der Waals surface area (Å²) in [6.07, 6.45) is 4.41. The largest absolute Gasteiger partial charge is 0.324 e. The molecule has 2 heterocycles. The second kappa shape index (κ2) is 6.57. The average molecular weight is 363 g/mol. The number of anilines is 1. The molecule has 8 nitrogen and oxygen atoms in total. The molecule has 0 unspecified atom stereocenters. The molecule has 1 amide bonds. The van der Waals surface area contributed by atoms with Crippen molar-refractivity contribution in [3.05, 3.63) is 42.7 Å². The van der Waals surface area contributed by atoms with Crippen LogP contribution in [0.25, 0.3) is 5.78 Å². The second-order valence-corrected chi connectivity index (χ2v) is 7.79. The van der Waals surface area contributed by atoms with Gasteiger partial charge in [0.05, 0.1) is 16.3 Å². The molecule has 3 rings (SSSR count). The molecule has 24 heavy (non-hydrogen) atoms. The van der Waals surface area contributed by atoms with Crippen molar-refractivity contribution >= 4 is 39.0 Å². The molecule has 0 aliphatic carbocycles. The summed E-state index contributed by atoms with van der Waals surface area (Å²) >= 11 is 1.14. The van der Waals surface area contributed by atoms with Crippen LogP contribution < -0.4 is 5.32 Å². The van der Waals surface area contributed by atoms with Crippen molar-refractivity contribution in [1.82, 2.24) is 19.6 Å². The van der Waals surface area contributed by atoms with Gasteiger partial charge in [0.2, 0.25) is 11.1 Å². The van der Waals surface area contributed by atoms with E-state index in [0.717, 1.165) is 18.0 Å². The lowest BCUT2D eigenvalue weighted by molar-refractivity contribution is -0.113. The minimum atomic E-state index is -3.42. The highest BCUT2D eigenvalue weighted by atomic mass is 32.2. The van der Waals surface area contributed by atoms with Crippen LogP contribution in [0.15, 0.2) is 52.8 Å². The number of carbonyl (C=O) groups excluding carboxylic acids is 1. The maximum Gasteiger partial charge on any atom is 0.253 e. The van der Waals surface area contributed by atoms with E-state index in [4.69, 9.17) is 0 Å². The lowest BCUT2D eigenvalue weighted by atomic mass is 10.3. The number of amides is 1. The number of para-hydroxylation sites is 1. The Hall–Kier alpha value is -2.46. The van der Waals surface area contributed by atoms with Crippen molar-refractivity contribution in [3.8, 4) is 0 Å². The number of benzene rings is 1. The lowest BCUT2D eigenvalue weighted by Crippen LogP contribution is -2.16. The van der Waals surface area contributed by atoms with Gasteiger partial charge < -0.3 is 5.32 Å². The highest BCUT2D eigenvalue weighted by Crippen LogP contribution is 2.21. The van der Waals surface area contributed by atoms with Crippen LogP contribution in [-0.4, -0.2) is 45.9 Å². The number of hydrogen-bond acceptors (Lipinski definition) is 7. The first-order chi connectivity index (χ1) is 11.4. The van der Waals surface area contributed by atoms with E-state index in [1.165, 1.54) is 10.6 Å². The SMILES string of the molecule is CS(=O)(=O)c1ccccc1NC(=O)CSc1nc2ncccn2n1. The van der Waals surface area contributed by atoms with Gasteiger partial charge in [-0.3, -0.25) is 4.79 Å². The summed E-state index contributed by atoms with van der Waals surface area (Å²) in [6, 6.07) is 7.99. The molecule has 0 fully saturated rings. The van der Waals surface area contributed by atoms with Crippen molar-refractivity contribution in [2.75, 3.05) is 17.3 Å². The van der Waals surface area contributed by atoms with Crippen molar-refractivity contribution in [1.29, 1.82) is 0 Å². The number of nitrogens with zero attached hydrogens (tertiary/aromatic N) is 4. The Morgan fingerprint density at radius 2 is 2.08 bits per heavy atom. The van der Waals surface area contributed by atoms with E-state index in [2.05, 4.69) is 20.4 Å². The number of fused-ring (bicyclic) bond motifs is 1. The smallest absolute Gasteiger partial charge is 0.253 e. The van der Waals surface area contributed by atoms with Gasteiger partial charge >= 0.3 is 0 Å². The summed E-state index contributed by atoms with van der Waals surface area (Å²) in [6.45, 7) is 0. The number of thioether (sulfide) groups is 1. The van der Waals surface area contributed by atoms with E-state index in [-0.39, 0.29) is 22.2 Å². The first kappa shape index (κ1) is 16.4. The molecule has 0 saturated carbocycles. The number of sulfone groups is 1. The average Bonchev–Trinajstić information content (AvgIpc) is 2.95. The number of hydrogen-bond donors (Lipinski definition) is 1. The third kappa shape index (κ3) is 3.71. The topological polar surface area (TPSA) is 106 Å². The van der Waals surface area contributed by atoms with Crippen LogP contribution >= 0.6 is 11.8 Å². The zero-order valence-electron chi connectivity index (χ0n) is 12.6. The van der Waals surface area contributed by atoms with Crippen molar-refractivity contribution in [3.63, 3.8) is 0 Å². The standard InChI is InChI=1S/C14H13N5O3S2/c1-24(21,22)11-6-3-2-5-10(11)16-12(20)9-23-14-17-13-15-7-4-8-19(13)18-14/h2-8H,9H2,1H3,(H,16,20). The first-order valence-corrected chi connectivity index (χ1v) is 9.70. The van der Waals surface area contributed by atoms with Crippen molar-refractivity contribution in [2.45, 2.75) is 10.1 Å². The fourth-order valence-corrected chi connectivity index (χ4v) is 3.45. The van der Waals surface area contributed by atoms with Crippen LogP contribution in [0.2, 0.25) is 0 Å². The zero-order chi connectivity index (χ0) is 17.2. The second-order valence-electron chi connectivity index (χ2n) is 4.86. The number of carbonyl (C=O) groups is 1. The van der Waals surface area contributed by atoms with Gasteiger partial charge in [0.1, 0.15) is 0 Å². The van der Waals surface area contributed by atoms with Crippen LogP contribution in [0, 0.1) is 0 Å². The maximum atomic E-state index is 12.1. The van der Waals surface area contributed by atoms with Gasteiger partial charge in [0.15, 0.2) is 9.84 Å². The molecular formula is C14H13N5O3S2. The fraction of sp³-hybridized carbons (Fsp3) is 0.143. The van der Waals surface area contributed by atoms with Gasteiger partial charge in [0, 0.05) is 18.6 Å². The quantitative estimate of drug-likeness (QED) is 0.680. The van der Waals surface area contributed by atoms with E-state index in [1.807, 2.05) is 0 Å². The van der Waals surface area contributed by atoms with E-state index in [0.29, 0.717) is 10.9 Å². The van der Waals surface area contributed by atoms with Gasteiger partial charge in [-0.15, -0.1) is 5.10 Å². The minimum Gasteiger partial charge on any atom is -0.324 e. The monoisotopic (exact) mass is 363 g/mol. The summed E-state index contributed by atoms with van der Waals surface area (Å²) in [4.78, 5) is 20.4. The normalized spacial score (nSPS) is 11.5. The predicted octanol–water partition coefficient (Wildman–Crippen LogP) is 1.26. The molecule has 0 atom stereocenters. The van der Waals surface area contributed by atoms with E-state index in [1.54, 1.807) is 36.7 Å². The van der Waals surface area contributed by atoms with E-state index < -0.39 is 9.84 Å². The van der Waals surface area contributed by atoms with E-state index in [9.17, 15) is 13.2 Å². The Labute approximate surface area is 142 Å². The summed E-state index contributed by atoms with van der Waals surface area (Å²) in [5, 5.41) is 7.20. The molecule has 0 aliphatic rings. The van der Waals surface area contributed by atoms with Crippen LogP contribution in [0.1, 0.15) is 0 Å². The number of aromatic nitrogens is 4. The molecule has 2 aromatic heterocycles. The molecule has 0 bridgehead atoms.